The van der Waals surface area contributed by atoms with Crippen molar-refractivity contribution < 1.29 is 19.1 Å². The van der Waals surface area contributed by atoms with Crippen LogP contribution in [-0.4, -0.2) is 25.0 Å². The molecule has 0 aliphatic heterocycles. The van der Waals surface area contributed by atoms with E-state index in [1.54, 1.807) is 24.3 Å². The van der Waals surface area contributed by atoms with E-state index in [4.69, 9.17) is 9.47 Å². The highest BCUT2D eigenvalue weighted by atomic mass is 16.5. The van der Waals surface area contributed by atoms with Gasteiger partial charge in [-0.2, -0.15) is 0 Å². The minimum atomic E-state index is -0.287. The Kier molecular flexibility index (Phi) is 8.30. The van der Waals surface area contributed by atoms with Gasteiger partial charge in [-0.15, -0.1) is 0 Å². The fourth-order valence-electron chi connectivity index (χ4n) is 3.93. The lowest BCUT2D eigenvalue weighted by atomic mass is 9.93. The summed E-state index contributed by atoms with van der Waals surface area (Å²) in [7, 11) is 0. The second-order valence-corrected chi connectivity index (χ2v) is 7.84. The second kappa shape index (κ2) is 11.4. The number of carbonyl (C=O) groups is 2. The van der Waals surface area contributed by atoms with Gasteiger partial charge in [0.25, 0.3) is 5.91 Å². The molecular formula is C25H31NO4. The molecule has 5 heteroatoms. The zero-order chi connectivity index (χ0) is 21.2. The van der Waals surface area contributed by atoms with Gasteiger partial charge in [-0.05, 0) is 49.1 Å². The predicted octanol–water partition coefficient (Wildman–Crippen LogP) is 4.76. The smallest absolute Gasteiger partial charge is 0.310 e. The number of hydrogen-bond acceptors (Lipinski definition) is 4. The van der Waals surface area contributed by atoms with Gasteiger partial charge in [-0.3, -0.25) is 9.59 Å². The first kappa shape index (κ1) is 21.9. The first-order valence-electron chi connectivity index (χ1n) is 10.9. The van der Waals surface area contributed by atoms with Crippen LogP contribution in [0.15, 0.2) is 54.6 Å². The van der Waals surface area contributed by atoms with Crippen LogP contribution < -0.4 is 10.1 Å². The predicted molar refractivity (Wildman–Crippen MR) is 116 cm³/mol. The van der Waals surface area contributed by atoms with E-state index in [2.05, 4.69) is 5.32 Å². The van der Waals surface area contributed by atoms with Crippen LogP contribution in [0, 0.1) is 11.8 Å². The number of hydrogen-bond donors (Lipinski definition) is 1. The molecule has 0 spiro atoms. The van der Waals surface area contributed by atoms with Crippen LogP contribution in [0.2, 0.25) is 0 Å². The summed E-state index contributed by atoms with van der Waals surface area (Å²) >= 11 is 0. The van der Waals surface area contributed by atoms with Gasteiger partial charge in [0, 0.05) is 12.1 Å². The molecule has 1 atom stereocenters. The summed E-state index contributed by atoms with van der Waals surface area (Å²) in [5, 5.41) is 2.91. The Labute approximate surface area is 178 Å². The third kappa shape index (κ3) is 6.61. The molecule has 2 aromatic carbocycles. The minimum absolute atomic E-state index is 0.190. The number of ether oxygens (including phenoxy) is 2. The maximum atomic E-state index is 12.6. The first-order valence-corrected chi connectivity index (χ1v) is 10.9. The monoisotopic (exact) mass is 409 g/mol. The average Bonchev–Trinajstić information content (AvgIpc) is 3.29. The number of esters is 1. The third-order valence-electron chi connectivity index (χ3n) is 5.59. The van der Waals surface area contributed by atoms with Gasteiger partial charge in [0.1, 0.15) is 12.4 Å². The van der Waals surface area contributed by atoms with Crippen LogP contribution in [-0.2, 0) is 16.1 Å². The molecule has 30 heavy (non-hydrogen) atoms. The van der Waals surface area contributed by atoms with Crippen molar-refractivity contribution in [2.75, 3.05) is 13.2 Å². The molecular weight excluding hydrogens is 378 g/mol. The number of rotatable bonds is 10. The lowest BCUT2D eigenvalue weighted by Gasteiger charge is -2.19. The molecule has 1 saturated carbocycles. The van der Waals surface area contributed by atoms with E-state index in [1.807, 2.05) is 37.3 Å². The second-order valence-electron chi connectivity index (χ2n) is 7.84. The summed E-state index contributed by atoms with van der Waals surface area (Å²) in [6.45, 7) is 2.96. The molecule has 0 heterocycles. The highest BCUT2D eigenvalue weighted by molar-refractivity contribution is 5.94. The Bertz CT molecular complexity index is 798. The molecule has 5 nitrogen and oxygen atoms in total. The van der Waals surface area contributed by atoms with Gasteiger partial charge in [0.2, 0.25) is 0 Å². The topological polar surface area (TPSA) is 64.6 Å². The Morgan fingerprint density at radius 1 is 1.03 bits per heavy atom. The number of carbonyl (C=O) groups excluding carboxylic acids is 2. The van der Waals surface area contributed by atoms with Gasteiger partial charge in [0.05, 0.1) is 12.5 Å². The summed E-state index contributed by atoms with van der Waals surface area (Å²) in [6, 6.07) is 17.0. The van der Waals surface area contributed by atoms with Gasteiger partial charge in [-0.1, -0.05) is 56.0 Å². The largest absolute Gasteiger partial charge is 0.489 e. The fourth-order valence-corrected chi connectivity index (χ4v) is 3.93. The summed E-state index contributed by atoms with van der Waals surface area (Å²) in [5.41, 5.74) is 1.64. The SMILES string of the molecule is CCOC(=O)C(CNC(=O)c1ccc(OCc2ccccc2)cc1)CC1CCCC1. The Balaban J connectivity index is 1.51. The van der Waals surface area contributed by atoms with Crippen molar-refractivity contribution >= 4 is 11.9 Å². The maximum absolute atomic E-state index is 12.6. The van der Waals surface area contributed by atoms with Crippen molar-refractivity contribution in [3.05, 3.63) is 65.7 Å². The van der Waals surface area contributed by atoms with Crippen LogP contribution in [0.4, 0.5) is 0 Å². The maximum Gasteiger partial charge on any atom is 0.310 e. The van der Waals surface area contributed by atoms with Crippen LogP contribution in [0.5, 0.6) is 5.75 Å². The molecule has 0 aromatic heterocycles. The molecule has 1 aliphatic rings. The van der Waals surface area contributed by atoms with Crippen LogP contribution >= 0.6 is 0 Å². The van der Waals surface area contributed by atoms with E-state index in [-0.39, 0.29) is 17.8 Å². The van der Waals surface area contributed by atoms with E-state index in [1.165, 1.54) is 12.8 Å². The molecule has 2 aromatic rings. The normalized spacial score (nSPS) is 14.8. The molecule has 1 aliphatic carbocycles. The summed E-state index contributed by atoms with van der Waals surface area (Å²) in [6.07, 6.45) is 5.56. The Hall–Kier alpha value is -2.82. The van der Waals surface area contributed by atoms with Crippen molar-refractivity contribution in [2.24, 2.45) is 11.8 Å². The summed E-state index contributed by atoms with van der Waals surface area (Å²) in [5.74, 6) is 0.573. The van der Waals surface area contributed by atoms with Crippen molar-refractivity contribution in [2.45, 2.75) is 45.6 Å². The van der Waals surface area contributed by atoms with Crippen LogP contribution in [0.3, 0.4) is 0 Å². The van der Waals surface area contributed by atoms with Crippen molar-refractivity contribution in [1.29, 1.82) is 0 Å². The van der Waals surface area contributed by atoms with E-state index in [9.17, 15) is 9.59 Å². The Morgan fingerprint density at radius 2 is 1.73 bits per heavy atom. The fraction of sp³-hybridized carbons (Fsp3) is 0.440. The zero-order valence-corrected chi connectivity index (χ0v) is 17.6. The lowest BCUT2D eigenvalue weighted by molar-refractivity contribution is -0.148. The Morgan fingerprint density at radius 3 is 2.40 bits per heavy atom. The number of amides is 1. The van der Waals surface area contributed by atoms with E-state index < -0.39 is 0 Å². The van der Waals surface area contributed by atoms with Crippen LogP contribution in [0.25, 0.3) is 0 Å². The lowest BCUT2D eigenvalue weighted by Crippen LogP contribution is -2.34. The third-order valence-corrected chi connectivity index (χ3v) is 5.59. The minimum Gasteiger partial charge on any atom is -0.489 e. The number of nitrogens with one attached hydrogen (secondary N) is 1. The summed E-state index contributed by atoms with van der Waals surface area (Å²) < 4.78 is 11.0. The highest BCUT2D eigenvalue weighted by Crippen LogP contribution is 2.30. The standard InChI is InChI=1S/C25H31NO4/c1-2-29-25(28)22(16-19-8-6-7-9-19)17-26-24(27)21-12-14-23(15-13-21)30-18-20-10-4-3-5-11-20/h3-5,10-15,19,22H,2,6-9,16-18H2,1H3,(H,26,27). The molecule has 1 fully saturated rings. The first-order chi connectivity index (χ1) is 14.7. The molecule has 160 valence electrons. The van der Waals surface area contributed by atoms with Gasteiger partial charge in [-0.25, -0.2) is 0 Å². The van der Waals surface area contributed by atoms with E-state index in [0.717, 1.165) is 24.8 Å². The van der Waals surface area contributed by atoms with Crippen LogP contribution in [0.1, 0.15) is 54.9 Å². The molecule has 0 saturated heterocycles. The molecule has 1 unspecified atom stereocenters. The van der Waals surface area contributed by atoms with E-state index >= 15 is 0 Å². The summed E-state index contributed by atoms with van der Waals surface area (Å²) in [4.78, 5) is 24.9. The molecule has 1 N–H and O–H groups in total. The molecule has 0 bridgehead atoms. The quantitative estimate of drug-likeness (QED) is 0.575. The van der Waals surface area contributed by atoms with Crippen molar-refractivity contribution in [3.8, 4) is 5.75 Å². The average molecular weight is 410 g/mol. The van der Waals surface area contributed by atoms with Gasteiger partial charge in [0.15, 0.2) is 0 Å². The molecule has 1 amide bonds. The highest BCUT2D eigenvalue weighted by Gasteiger charge is 2.26. The van der Waals surface area contributed by atoms with E-state index in [0.29, 0.717) is 37.0 Å². The van der Waals surface area contributed by atoms with Gasteiger partial charge < -0.3 is 14.8 Å². The van der Waals surface area contributed by atoms with Crippen molar-refractivity contribution in [1.82, 2.24) is 5.32 Å². The molecule has 0 radical (unpaired) electrons. The molecule has 3 rings (SSSR count). The zero-order valence-electron chi connectivity index (χ0n) is 17.6. The van der Waals surface area contributed by atoms with Crippen molar-refractivity contribution in [3.63, 3.8) is 0 Å². The number of benzene rings is 2. The van der Waals surface area contributed by atoms with Gasteiger partial charge >= 0.3 is 5.97 Å².